The number of terminal acetylenes is 1. The second-order valence-corrected chi connectivity index (χ2v) is 11.1. The van der Waals surface area contributed by atoms with Crippen molar-refractivity contribution >= 4 is 23.9 Å². The molecule has 0 saturated carbocycles. The Bertz CT molecular complexity index is 1610. The molecule has 3 aromatic carbocycles. The van der Waals surface area contributed by atoms with Crippen LogP contribution in [0.4, 0.5) is 9.59 Å². The van der Waals surface area contributed by atoms with Gasteiger partial charge in [0.25, 0.3) is 0 Å². The lowest BCUT2D eigenvalue weighted by Gasteiger charge is -2.22. The average molecular weight is 625 g/mol. The second kappa shape index (κ2) is 16.5. The fourth-order valence-corrected chi connectivity index (χ4v) is 4.57. The third kappa shape index (κ3) is 10.3. The molecule has 0 aliphatic heterocycles. The second-order valence-electron chi connectivity index (χ2n) is 11.1. The van der Waals surface area contributed by atoms with Crippen molar-refractivity contribution < 1.29 is 38.5 Å². The van der Waals surface area contributed by atoms with E-state index in [4.69, 9.17) is 25.7 Å². The monoisotopic (exact) mass is 624 g/mol. The van der Waals surface area contributed by atoms with Crippen LogP contribution in [0.2, 0.25) is 0 Å². The van der Waals surface area contributed by atoms with Gasteiger partial charge in [0.05, 0.1) is 5.56 Å². The number of carbonyl (C=O) groups excluding carboxylic acids is 3. The summed E-state index contributed by atoms with van der Waals surface area (Å²) in [7, 11) is 1.38. The van der Waals surface area contributed by atoms with Crippen LogP contribution in [0.15, 0.2) is 72.8 Å². The van der Waals surface area contributed by atoms with E-state index in [0.717, 1.165) is 22.3 Å². The van der Waals surface area contributed by atoms with Crippen LogP contribution in [-0.4, -0.2) is 67.6 Å². The summed E-state index contributed by atoms with van der Waals surface area (Å²) in [6.45, 7) is 4.94. The van der Waals surface area contributed by atoms with Crippen molar-refractivity contribution in [2.24, 2.45) is 0 Å². The third-order valence-corrected chi connectivity index (χ3v) is 6.57. The molecule has 1 atom stereocenters. The molecule has 0 saturated heterocycles. The third-order valence-electron chi connectivity index (χ3n) is 6.57. The van der Waals surface area contributed by atoms with E-state index < -0.39 is 35.6 Å². The molecule has 4 rings (SSSR count). The number of ketones is 1. The molecular formula is C36H36N2O8. The molecule has 238 valence electrons. The molecule has 0 unspecified atom stereocenters. The van der Waals surface area contributed by atoms with Gasteiger partial charge in [-0.1, -0.05) is 54.5 Å². The van der Waals surface area contributed by atoms with E-state index in [9.17, 15) is 19.2 Å². The Hall–Kier alpha value is -5.58. The van der Waals surface area contributed by atoms with Crippen LogP contribution >= 0.6 is 0 Å². The predicted molar refractivity (Wildman–Crippen MR) is 172 cm³/mol. The Morgan fingerprint density at radius 2 is 1.50 bits per heavy atom. The predicted octanol–water partition coefficient (Wildman–Crippen LogP) is 5.00. The highest BCUT2D eigenvalue weighted by Crippen LogP contribution is 2.44. The highest BCUT2D eigenvalue weighted by molar-refractivity contribution is 5.89. The summed E-state index contributed by atoms with van der Waals surface area (Å²) in [6.07, 6.45) is 3.50. The Kier molecular flexibility index (Phi) is 12.5. The van der Waals surface area contributed by atoms with Gasteiger partial charge in [0.2, 0.25) is 0 Å². The zero-order chi connectivity index (χ0) is 33.7. The van der Waals surface area contributed by atoms with Gasteiger partial charge in [0.15, 0.2) is 5.78 Å². The van der Waals surface area contributed by atoms with Gasteiger partial charge in [0.1, 0.15) is 24.9 Å². The Balaban J connectivity index is 0.000000370. The smallest absolute Gasteiger partial charge is 0.407 e. The molecule has 3 N–H and O–H groups in total. The highest BCUT2D eigenvalue weighted by atomic mass is 16.6. The lowest BCUT2D eigenvalue weighted by atomic mass is 9.98. The van der Waals surface area contributed by atoms with Gasteiger partial charge >= 0.3 is 18.2 Å². The first-order valence-corrected chi connectivity index (χ1v) is 14.3. The number of alkyl carbamates (subject to hydrolysis) is 2. The van der Waals surface area contributed by atoms with Crippen molar-refractivity contribution in [3.63, 3.8) is 0 Å². The molecule has 0 bridgehead atoms. The number of rotatable bonds is 9. The van der Waals surface area contributed by atoms with E-state index in [1.54, 1.807) is 32.9 Å². The largest absolute Gasteiger partial charge is 0.478 e. The molecule has 0 radical (unpaired) electrons. The first kappa shape index (κ1) is 34.9. The minimum atomic E-state index is -1.02. The van der Waals surface area contributed by atoms with Crippen molar-refractivity contribution in [1.29, 1.82) is 0 Å². The number of nitrogens with one attached hydrogen (secondary N) is 2. The SMILES string of the molecule is C#CC#Cc1ccc(C(=O)O)cc1.COCC(=O)[C@H](CNC(=O)OC(C)(C)C)NC(=O)OCC1c2ccccc2-c2ccccc21. The topological polar surface area (TPSA) is 140 Å². The number of fused-ring (bicyclic) bond motifs is 3. The molecule has 0 fully saturated rings. The Morgan fingerprint density at radius 3 is 2.02 bits per heavy atom. The Labute approximate surface area is 268 Å². The minimum absolute atomic E-state index is 0.101. The highest BCUT2D eigenvalue weighted by Gasteiger charge is 2.30. The summed E-state index contributed by atoms with van der Waals surface area (Å²) < 4.78 is 15.6. The zero-order valence-electron chi connectivity index (χ0n) is 26.1. The van der Waals surface area contributed by atoms with Crippen LogP contribution < -0.4 is 10.6 Å². The van der Waals surface area contributed by atoms with E-state index in [-0.39, 0.29) is 31.2 Å². The van der Waals surface area contributed by atoms with Crippen LogP contribution in [-0.2, 0) is 19.0 Å². The van der Waals surface area contributed by atoms with Crippen LogP contribution in [0.1, 0.15) is 53.7 Å². The van der Waals surface area contributed by atoms with Crippen molar-refractivity contribution in [3.8, 4) is 35.3 Å². The number of methoxy groups -OCH3 is 1. The van der Waals surface area contributed by atoms with Gasteiger partial charge in [0, 0.05) is 25.1 Å². The Morgan fingerprint density at radius 1 is 0.913 bits per heavy atom. The van der Waals surface area contributed by atoms with Crippen molar-refractivity contribution in [3.05, 3.63) is 95.1 Å². The number of carboxylic acids is 1. The summed E-state index contributed by atoms with van der Waals surface area (Å²) in [6, 6.07) is 21.2. The molecule has 0 aromatic heterocycles. The van der Waals surface area contributed by atoms with Crippen LogP contribution in [0.5, 0.6) is 0 Å². The van der Waals surface area contributed by atoms with Gasteiger partial charge in [-0.3, -0.25) is 4.79 Å². The van der Waals surface area contributed by atoms with Crippen molar-refractivity contribution in [2.45, 2.75) is 38.3 Å². The molecule has 10 nitrogen and oxygen atoms in total. The fraction of sp³-hybridized carbons (Fsp3) is 0.278. The minimum Gasteiger partial charge on any atom is -0.478 e. The van der Waals surface area contributed by atoms with E-state index in [1.165, 1.54) is 19.2 Å². The normalized spacial score (nSPS) is 11.9. The van der Waals surface area contributed by atoms with Gasteiger partial charge in [-0.2, -0.15) is 0 Å². The molecule has 10 heteroatoms. The molecule has 2 amide bonds. The number of carboxylic acid groups (broad SMARTS) is 1. The van der Waals surface area contributed by atoms with Gasteiger partial charge in [-0.05, 0) is 79.1 Å². The van der Waals surface area contributed by atoms with Gasteiger partial charge in [-0.25, -0.2) is 14.4 Å². The van der Waals surface area contributed by atoms with Crippen LogP contribution in [0.3, 0.4) is 0 Å². The van der Waals surface area contributed by atoms with E-state index in [0.29, 0.717) is 5.56 Å². The summed E-state index contributed by atoms with van der Waals surface area (Å²) >= 11 is 0. The molecule has 3 aromatic rings. The first-order valence-electron chi connectivity index (χ1n) is 14.3. The number of ether oxygens (including phenoxy) is 3. The maximum Gasteiger partial charge on any atom is 0.407 e. The maximum absolute atomic E-state index is 12.5. The maximum atomic E-state index is 12.5. The number of benzene rings is 3. The molecule has 0 heterocycles. The molecule has 0 spiro atoms. The van der Waals surface area contributed by atoms with Crippen molar-refractivity contribution in [1.82, 2.24) is 10.6 Å². The summed E-state index contributed by atoms with van der Waals surface area (Å²) in [5.74, 6) is 5.85. The lowest BCUT2D eigenvalue weighted by molar-refractivity contribution is -0.124. The van der Waals surface area contributed by atoms with Crippen molar-refractivity contribution in [2.75, 3.05) is 26.9 Å². The number of carbonyl (C=O) groups is 4. The standard InChI is InChI=1S/C25H30N2O6.C11H6O2/c1-25(2,3)33-23(29)26-13-21(22(28)15-31-4)27-24(30)32-14-20-18-11-7-5-9-16(18)17-10-6-8-12-19(17)20;1-2-3-4-9-5-7-10(8-6-9)11(12)13/h5-12,20-21H,13-15H2,1-4H3,(H,26,29)(H,27,30);1,5-8H,(H,12,13)/t21-;/m0./s1. The lowest BCUT2D eigenvalue weighted by Crippen LogP contribution is -2.50. The number of aromatic carboxylic acids is 1. The van der Waals surface area contributed by atoms with E-state index >= 15 is 0 Å². The molecular weight excluding hydrogens is 588 g/mol. The van der Waals surface area contributed by atoms with Gasteiger partial charge in [-0.15, -0.1) is 6.42 Å². The first-order chi connectivity index (χ1) is 21.9. The van der Waals surface area contributed by atoms with E-state index in [2.05, 4.69) is 40.5 Å². The van der Waals surface area contributed by atoms with E-state index in [1.807, 2.05) is 36.4 Å². The molecule has 1 aliphatic carbocycles. The number of hydrogen-bond acceptors (Lipinski definition) is 7. The van der Waals surface area contributed by atoms with Crippen LogP contribution in [0, 0.1) is 24.2 Å². The number of amides is 2. The summed E-state index contributed by atoms with van der Waals surface area (Å²) in [5.41, 5.74) is 4.69. The van der Waals surface area contributed by atoms with Crippen LogP contribution in [0.25, 0.3) is 11.1 Å². The fourth-order valence-electron chi connectivity index (χ4n) is 4.57. The molecule has 1 aliphatic rings. The number of Topliss-reactive ketones (excluding diaryl/α,β-unsaturated/α-hetero) is 1. The summed E-state index contributed by atoms with van der Waals surface area (Å²) in [5, 5.41) is 13.6. The quantitative estimate of drug-likeness (QED) is 0.283. The molecule has 46 heavy (non-hydrogen) atoms. The zero-order valence-corrected chi connectivity index (χ0v) is 26.1. The van der Waals surface area contributed by atoms with Gasteiger partial charge < -0.3 is 30.0 Å². The summed E-state index contributed by atoms with van der Waals surface area (Å²) in [4.78, 5) is 47.3. The average Bonchev–Trinajstić information content (AvgIpc) is 3.34. The number of hydrogen-bond donors (Lipinski definition) is 3.